The average Bonchev–Trinajstić information content (AvgIpc) is 2.46. The Labute approximate surface area is 86.6 Å². The zero-order valence-electron chi connectivity index (χ0n) is 7.70. The molecule has 2 N–H and O–H groups in total. The lowest BCUT2D eigenvalue weighted by Crippen LogP contribution is -2.44. The molecular formula is C9H14BrN3. The SMILES string of the molecule is CN1Cc2ccc(Br)n2CC1CN. The summed E-state index contributed by atoms with van der Waals surface area (Å²) in [5.74, 6) is 0. The first kappa shape index (κ1) is 9.24. The van der Waals surface area contributed by atoms with Gasteiger partial charge in [0.05, 0.1) is 4.60 Å². The van der Waals surface area contributed by atoms with Gasteiger partial charge in [0.25, 0.3) is 0 Å². The Balaban J connectivity index is 2.30. The highest BCUT2D eigenvalue weighted by atomic mass is 79.9. The van der Waals surface area contributed by atoms with E-state index in [4.69, 9.17) is 5.73 Å². The maximum atomic E-state index is 5.70. The average molecular weight is 244 g/mol. The maximum absolute atomic E-state index is 5.70. The zero-order valence-corrected chi connectivity index (χ0v) is 9.29. The summed E-state index contributed by atoms with van der Waals surface area (Å²) in [5, 5.41) is 0. The van der Waals surface area contributed by atoms with Crippen molar-refractivity contribution >= 4 is 15.9 Å². The number of hydrogen-bond acceptors (Lipinski definition) is 2. The summed E-state index contributed by atoms with van der Waals surface area (Å²) in [6, 6.07) is 4.73. The highest BCUT2D eigenvalue weighted by Crippen LogP contribution is 2.22. The van der Waals surface area contributed by atoms with E-state index in [1.807, 2.05) is 0 Å². The summed E-state index contributed by atoms with van der Waals surface area (Å²) in [5.41, 5.74) is 7.06. The molecule has 3 nitrogen and oxygen atoms in total. The molecule has 0 spiro atoms. The molecule has 0 saturated heterocycles. The largest absolute Gasteiger partial charge is 0.337 e. The highest BCUT2D eigenvalue weighted by molar-refractivity contribution is 9.10. The molecule has 0 aromatic carbocycles. The predicted molar refractivity (Wildman–Crippen MR) is 56.4 cm³/mol. The van der Waals surface area contributed by atoms with Gasteiger partial charge < -0.3 is 10.3 Å². The Morgan fingerprint density at radius 2 is 2.38 bits per heavy atom. The van der Waals surface area contributed by atoms with E-state index in [9.17, 15) is 0 Å². The Kier molecular flexibility index (Phi) is 2.45. The summed E-state index contributed by atoms with van der Waals surface area (Å²) in [6.07, 6.45) is 0. The molecule has 0 saturated carbocycles. The van der Waals surface area contributed by atoms with Gasteiger partial charge in [-0.15, -0.1) is 0 Å². The van der Waals surface area contributed by atoms with Gasteiger partial charge in [-0.3, -0.25) is 4.90 Å². The Hall–Kier alpha value is -0.320. The van der Waals surface area contributed by atoms with Crippen LogP contribution in [0, 0.1) is 0 Å². The first-order chi connectivity index (χ1) is 6.22. The van der Waals surface area contributed by atoms with Crippen LogP contribution in [0.2, 0.25) is 0 Å². The second-order valence-corrected chi connectivity index (χ2v) is 4.38. The Morgan fingerprint density at radius 3 is 3.08 bits per heavy atom. The van der Waals surface area contributed by atoms with Crippen molar-refractivity contribution in [2.75, 3.05) is 13.6 Å². The second kappa shape index (κ2) is 3.44. The summed E-state index contributed by atoms with van der Waals surface area (Å²) in [6.45, 7) is 2.71. The number of halogens is 1. The molecule has 0 amide bonds. The smallest absolute Gasteiger partial charge is 0.0849 e. The van der Waals surface area contributed by atoms with E-state index in [1.165, 1.54) is 5.69 Å². The molecule has 0 bridgehead atoms. The third kappa shape index (κ3) is 1.54. The molecule has 2 heterocycles. The quantitative estimate of drug-likeness (QED) is 0.800. The van der Waals surface area contributed by atoms with Gasteiger partial charge in [0.2, 0.25) is 0 Å². The Bertz CT molecular complexity index is 308. The van der Waals surface area contributed by atoms with Crippen LogP contribution in [0.4, 0.5) is 0 Å². The van der Waals surface area contributed by atoms with Crippen molar-refractivity contribution in [3.05, 3.63) is 22.4 Å². The second-order valence-electron chi connectivity index (χ2n) is 3.56. The molecule has 0 aliphatic carbocycles. The van der Waals surface area contributed by atoms with Crippen molar-refractivity contribution in [1.29, 1.82) is 0 Å². The van der Waals surface area contributed by atoms with Crippen LogP contribution in [0.5, 0.6) is 0 Å². The van der Waals surface area contributed by atoms with Crippen molar-refractivity contribution in [3.63, 3.8) is 0 Å². The van der Waals surface area contributed by atoms with Gasteiger partial charge in [-0.1, -0.05) is 0 Å². The van der Waals surface area contributed by atoms with E-state index in [0.717, 1.165) is 24.2 Å². The van der Waals surface area contributed by atoms with E-state index in [2.05, 4.69) is 44.6 Å². The molecule has 13 heavy (non-hydrogen) atoms. The van der Waals surface area contributed by atoms with Crippen LogP contribution in [0.1, 0.15) is 5.69 Å². The molecule has 0 fully saturated rings. The molecule has 1 atom stereocenters. The van der Waals surface area contributed by atoms with Crippen molar-refractivity contribution in [1.82, 2.24) is 9.47 Å². The monoisotopic (exact) mass is 243 g/mol. The van der Waals surface area contributed by atoms with Crippen molar-refractivity contribution in [3.8, 4) is 0 Å². The number of likely N-dealkylation sites (N-methyl/N-ethyl adjacent to an activating group) is 1. The lowest BCUT2D eigenvalue weighted by Gasteiger charge is -2.33. The van der Waals surface area contributed by atoms with Crippen LogP contribution in [0.25, 0.3) is 0 Å². The van der Waals surface area contributed by atoms with Crippen LogP contribution >= 0.6 is 15.9 Å². The summed E-state index contributed by atoms with van der Waals surface area (Å²) in [4.78, 5) is 2.31. The van der Waals surface area contributed by atoms with E-state index in [-0.39, 0.29) is 0 Å². The third-order valence-corrected chi connectivity index (χ3v) is 3.41. The predicted octanol–water partition coefficient (Wildman–Crippen LogP) is 1.02. The third-order valence-electron chi connectivity index (χ3n) is 2.72. The van der Waals surface area contributed by atoms with Gasteiger partial charge >= 0.3 is 0 Å². The Morgan fingerprint density at radius 1 is 1.62 bits per heavy atom. The van der Waals surface area contributed by atoms with Gasteiger partial charge in [-0.05, 0) is 35.1 Å². The minimum absolute atomic E-state index is 0.469. The molecule has 72 valence electrons. The first-order valence-corrected chi connectivity index (χ1v) is 5.26. The topological polar surface area (TPSA) is 34.2 Å². The van der Waals surface area contributed by atoms with Crippen LogP contribution < -0.4 is 5.73 Å². The van der Waals surface area contributed by atoms with Crippen LogP contribution in [-0.4, -0.2) is 29.1 Å². The molecule has 0 radical (unpaired) electrons. The first-order valence-electron chi connectivity index (χ1n) is 4.46. The molecule has 4 heteroatoms. The summed E-state index contributed by atoms with van der Waals surface area (Å²) < 4.78 is 3.45. The van der Waals surface area contributed by atoms with E-state index >= 15 is 0 Å². The van der Waals surface area contributed by atoms with Gasteiger partial charge in [-0.25, -0.2) is 0 Å². The number of rotatable bonds is 1. The number of fused-ring (bicyclic) bond motifs is 1. The van der Waals surface area contributed by atoms with Gasteiger partial charge in [0.1, 0.15) is 0 Å². The van der Waals surface area contributed by atoms with Crippen LogP contribution in [-0.2, 0) is 13.1 Å². The lowest BCUT2D eigenvalue weighted by molar-refractivity contribution is 0.181. The fraction of sp³-hybridized carbons (Fsp3) is 0.556. The van der Waals surface area contributed by atoms with E-state index in [1.54, 1.807) is 0 Å². The number of nitrogens with zero attached hydrogens (tertiary/aromatic N) is 2. The van der Waals surface area contributed by atoms with Crippen molar-refractivity contribution < 1.29 is 0 Å². The standard InChI is InChI=1S/C9H14BrN3/c1-12-5-7-2-3-9(10)13(7)6-8(12)4-11/h2-3,8H,4-6,11H2,1H3. The van der Waals surface area contributed by atoms with Gasteiger partial charge in [0.15, 0.2) is 0 Å². The summed E-state index contributed by atoms with van der Waals surface area (Å²) in [7, 11) is 2.13. The minimum atomic E-state index is 0.469. The van der Waals surface area contributed by atoms with Gasteiger partial charge in [-0.2, -0.15) is 0 Å². The fourth-order valence-electron chi connectivity index (χ4n) is 1.81. The van der Waals surface area contributed by atoms with Crippen molar-refractivity contribution in [2.24, 2.45) is 5.73 Å². The number of aromatic nitrogens is 1. The zero-order chi connectivity index (χ0) is 9.42. The molecule has 1 unspecified atom stereocenters. The molecule has 1 aliphatic rings. The fourth-order valence-corrected chi connectivity index (χ4v) is 2.32. The van der Waals surface area contributed by atoms with E-state index in [0.29, 0.717) is 6.04 Å². The molecule has 1 aliphatic heterocycles. The van der Waals surface area contributed by atoms with E-state index < -0.39 is 0 Å². The maximum Gasteiger partial charge on any atom is 0.0849 e. The normalized spacial score (nSPS) is 23.2. The highest BCUT2D eigenvalue weighted by Gasteiger charge is 2.22. The van der Waals surface area contributed by atoms with Gasteiger partial charge in [0, 0.05) is 31.4 Å². The van der Waals surface area contributed by atoms with Crippen LogP contribution in [0.3, 0.4) is 0 Å². The molecular weight excluding hydrogens is 230 g/mol. The number of hydrogen-bond donors (Lipinski definition) is 1. The molecule has 1 aromatic heterocycles. The van der Waals surface area contributed by atoms with Crippen molar-refractivity contribution in [2.45, 2.75) is 19.1 Å². The molecule has 2 rings (SSSR count). The van der Waals surface area contributed by atoms with Crippen LogP contribution in [0.15, 0.2) is 16.7 Å². The number of nitrogens with two attached hydrogens (primary N) is 1. The molecule has 1 aromatic rings. The lowest BCUT2D eigenvalue weighted by atomic mass is 10.2. The minimum Gasteiger partial charge on any atom is -0.337 e. The summed E-state index contributed by atoms with van der Waals surface area (Å²) >= 11 is 3.53.